The zero-order chi connectivity index (χ0) is 19.2. The van der Waals surface area contributed by atoms with Crippen molar-refractivity contribution in [1.29, 1.82) is 0 Å². The van der Waals surface area contributed by atoms with Crippen molar-refractivity contribution in [3.63, 3.8) is 0 Å². The molecular weight excluding hydrogens is 360 g/mol. The highest BCUT2D eigenvalue weighted by Gasteiger charge is 2.28. The van der Waals surface area contributed by atoms with E-state index in [1.54, 1.807) is 12.1 Å². The first-order chi connectivity index (χ1) is 12.3. The molecule has 3 N–H and O–H groups in total. The Labute approximate surface area is 153 Å². The number of rotatable bonds is 7. The van der Waals surface area contributed by atoms with Crippen LogP contribution in [0.4, 0.5) is 4.79 Å². The van der Waals surface area contributed by atoms with Crippen molar-refractivity contribution < 1.29 is 22.7 Å². The van der Waals surface area contributed by atoms with Gasteiger partial charge in [0.1, 0.15) is 5.75 Å². The predicted octanol–water partition coefficient (Wildman–Crippen LogP) is -0.0234. The van der Waals surface area contributed by atoms with Crippen LogP contribution in [0.1, 0.15) is 12.8 Å². The average Bonchev–Trinajstić information content (AvgIpc) is 2.61. The number of primary amides is 1. The normalized spacial score (nSPS) is 16.2. The van der Waals surface area contributed by atoms with E-state index in [0.29, 0.717) is 44.9 Å². The molecule has 0 bridgehead atoms. The number of methoxy groups -OCH3 is 1. The number of piperazine rings is 1. The van der Waals surface area contributed by atoms with E-state index in [1.807, 2.05) is 5.32 Å². The van der Waals surface area contributed by atoms with Crippen molar-refractivity contribution >= 4 is 22.0 Å². The Bertz CT molecular complexity index is 728. The lowest BCUT2D eigenvalue weighted by molar-refractivity contribution is -0.120. The van der Waals surface area contributed by atoms with E-state index in [4.69, 9.17) is 10.5 Å². The Kier molecular flexibility index (Phi) is 6.95. The third kappa shape index (κ3) is 5.41. The van der Waals surface area contributed by atoms with E-state index in [1.165, 1.54) is 23.5 Å². The number of nitrogens with zero attached hydrogens (tertiary/aromatic N) is 2. The molecule has 2 rings (SSSR count). The van der Waals surface area contributed by atoms with Crippen molar-refractivity contribution in [2.24, 2.45) is 5.73 Å². The van der Waals surface area contributed by atoms with Gasteiger partial charge in [-0.1, -0.05) is 0 Å². The molecule has 1 fully saturated rings. The van der Waals surface area contributed by atoms with Crippen LogP contribution < -0.4 is 15.8 Å². The van der Waals surface area contributed by atoms with Gasteiger partial charge in [-0.05, 0) is 37.2 Å². The Morgan fingerprint density at radius 1 is 1.15 bits per heavy atom. The maximum atomic E-state index is 12.7. The highest BCUT2D eigenvalue weighted by Crippen LogP contribution is 2.20. The predicted molar refractivity (Wildman–Crippen MR) is 95.2 cm³/mol. The van der Waals surface area contributed by atoms with Gasteiger partial charge in [0.25, 0.3) is 0 Å². The van der Waals surface area contributed by atoms with Crippen LogP contribution >= 0.6 is 0 Å². The minimum atomic E-state index is -3.52. The smallest absolute Gasteiger partial charge is 0.318 e. The summed E-state index contributed by atoms with van der Waals surface area (Å²) in [7, 11) is -1.99. The van der Waals surface area contributed by atoms with Gasteiger partial charge in [0.2, 0.25) is 15.9 Å². The van der Waals surface area contributed by atoms with Gasteiger partial charge in [0.05, 0.1) is 12.0 Å². The zero-order valence-electron chi connectivity index (χ0n) is 14.7. The van der Waals surface area contributed by atoms with Gasteiger partial charge in [0.15, 0.2) is 0 Å². The largest absolute Gasteiger partial charge is 0.497 e. The summed E-state index contributed by atoms with van der Waals surface area (Å²) < 4.78 is 31.9. The van der Waals surface area contributed by atoms with Crippen LogP contribution in [0.25, 0.3) is 0 Å². The maximum absolute atomic E-state index is 12.7. The van der Waals surface area contributed by atoms with E-state index < -0.39 is 22.0 Å². The molecule has 1 heterocycles. The van der Waals surface area contributed by atoms with Gasteiger partial charge >= 0.3 is 6.03 Å². The highest BCUT2D eigenvalue weighted by molar-refractivity contribution is 7.89. The van der Waals surface area contributed by atoms with Crippen molar-refractivity contribution in [3.8, 4) is 5.75 Å². The Balaban J connectivity index is 1.81. The number of amides is 3. The molecule has 10 heteroatoms. The number of hydrogen-bond acceptors (Lipinski definition) is 6. The van der Waals surface area contributed by atoms with Gasteiger partial charge in [-0.25, -0.2) is 13.2 Å². The van der Waals surface area contributed by atoms with Crippen molar-refractivity contribution in [3.05, 3.63) is 24.3 Å². The van der Waals surface area contributed by atoms with Crippen molar-refractivity contribution in [1.82, 2.24) is 14.5 Å². The van der Waals surface area contributed by atoms with Crippen LogP contribution in [-0.2, 0) is 14.8 Å². The molecule has 1 aromatic carbocycles. The summed E-state index contributed by atoms with van der Waals surface area (Å²) in [6, 6.07) is 5.48. The molecule has 1 aliphatic rings. The molecule has 1 saturated heterocycles. The lowest BCUT2D eigenvalue weighted by Gasteiger charge is -2.33. The van der Waals surface area contributed by atoms with Crippen LogP contribution in [-0.4, -0.2) is 69.4 Å². The lowest BCUT2D eigenvalue weighted by atomic mass is 10.2. The van der Waals surface area contributed by atoms with E-state index in [9.17, 15) is 18.0 Å². The van der Waals surface area contributed by atoms with Gasteiger partial charge < -0.3 is 15.4 Å². The fourth-order valence-electron chi connectivity index (χ4n) is 2.75. The Morgan fingerprint density at radius 3 is 2.31 bits per heavy atom. The molecule has 0 atom stereocenters. The van der Waals surface area contributed by atoms with Crippen molar-refractivity contribution in [2.45, 2.75) is 17.7 Å². The number of imide groups is 1. The molecule has 0 aliphatic carbocycles. The van der Waals surface area contributed by atoms with Gasteiger partial charge in [-0.15, -0.1) is 0 Å². The van der Waals surface area contributed by atoms with Crippen LogP contribution in [0.2, 0.25) is 0 Å². The topological polar surface area (TPSA) is 122 Å². The Morgan fingerprint density at radius 2 is 1.77 bits per heavy atom. The maximum Gasteiger partial charge on any atom is 0.318 e. The highest BCUT2D eigenvalue weighted by atomic mass is 32.2. The van der Waals surface area contributed by atoms with Crippen molar-refractivity contribution in [2.75, 3.05) is 39.8 Å². The number of sulfonamides is 1. The summed E-state index contributed by atoms with van der Waals surface area (Å²) in [6.45, 7) is 2.62. The molecule has 26 heavy (non-hydrogen) atoms. The van der Waals surface area contributed by atoms with Gasteiger partial charge in [-0.2, -0.15) is 4.31 Å². The number of carbonyl (C=O) groups excluding carboxylic acids is 2. The number of ether oxygens (including phenoxy) is 1. The number of carbonyl (C=O) groups is 2. The molecular formula is C16H24N4O5S. The Hall–Kier alpha value is -2.17. The monoisotopic (exact) mass is 384 g/mol. The molecule has 3 amide bonds. The fourth-order valence-corrected chi connectivity index (χ4v) is 4.18. The molecule has 144 valence electrons. The number of nitrogens with one attached hydrogen (secondary N) is 1. The number of urea groups is 1. The fraction of sp³-hybridized carbons (Fsp3) is 0.500. The van der Waals surface area contributed by atoms with Crippen LogP contribution in [0.15, 0.2) is 29.2 Å². The number of nitrogens with two attached hydrogens (primary N) is 1. The number of benzene rings is 1. The van der Waals surface area contributed by atoms with E-state index in [-0.39, 0.29) is 11.3 Å². The van der Waals surface area contributed by atoms with Crippen LogP contribution in [0.5, 0.6) is 5.75 Å². The van der Waals surface area contributed by atoms with Gasteiger partial charge in [-0.3, -0.25) is 10.1 Å². The minimum Gasteiger partial charge on any atom is -0.497 e. The second kappa shape index (κ2) is 8.97. The summed E-state index contributed by atoms with van der Waals surface area (Å²) in [4.78, 5) is 24.3. The zero-order valence-corrected chi connectivity index (χ0v) is 15.5. The molecule has 0 spiro atoms. The SMILES string of the molecule is COc1ccc(S(=O)(=O)N2CCN(CCCC(=O)NC(N)=O)CC2)cc1. The summed E-state index contributed by atoms with van der Waals surface area (Å²) in [5.74, 6) is 0.201. The first-order valence-electron chi connectivity index (χ1n) is 8.29. The molecule has 0 radical (unpaired) electrons. The first-order valence-corrected chi connectivity index (χ1v) is 9.73. The second-order valence-electron chi connectivity index (χ2n) is 5.94. The standard InChI is InChI=1S/C16H24N4O5S/c1-25-13-4-6-14(7-5-13)26(23,24)20-11-9-19(10-12-20)8-2-3-15(21)18-16(17)22/h4-7H,2-3,8-12H2,1H3,(H3,17,18,21,22). The quantitative estimate of drug-likeness (QED) is 0.681. The molecule has 1 aliphatic heterocycles. The average molecular weight is 384 g/mol. The van der Waals surface area contributed by atoms with Crippen LogP contribution in [0.3, 0.4) is 0 Å². The molecule has 9 nitrogen and oxygen atoms in total. The summed E-state index contributed by atoms with van der Waals surface area (Å²) >= 11 is 0. The molecule has 1 aromatic rings. The molecule has 0 unspecified atom stereocenters. The molecule has 0 saturated carbocycles. The van der Waals surface area contributed by atoms with E-state index >= 15 is 0 Å². The first kappa shape index (κ1) is 20.1. The van der Waals surface area contributed by atoms with Crippen LogP contribution in [0, 0.1) is 0 Å². The summed E-state index contributed by atoms with van der Waals surface area (Å²) in [5.41, 5.74) is 4.88. The number of hydrogen-bond donors (Lipinski definition) is 2. The third-order valence-electron chi connectivity index (χ3n) is 4.17. The second-order valence-corrected chi connectivity index (χ2v) is 7.88. The van der Waals surface area contributed by atoms with E-state index in [2.05, 4.69) is 4.90 Å². The lowest BCUT2D eigenvalue weighted by Crippen LogP contribution is -2.48. The summed E-state index contributed by atoms with van der Waals surface area (Å²) in [6.07, 6.45) is 0.775. The minimum absolute atomic E-state index is 0.202. The van der Waals surface area contributed by atoms with Gasteiger partial charge in [0, 0.05) is 32.6 Å². The summed E-state index contributed by atoms with van der Waals surface area (Å²) in [5, 5.41) is 2.02. The van der Waals surface area contributed by atoms with E-state index in [0.717, 1.165) is 0 Å². The third-order valence-corrected chi connectivity index (χ3v) is 6.08. The molecule has 0 aromatic heterocycles.